The normalized spacial score (nSPS) is 10.6. The van der Waals surface area contributed by atoms with Crippen LogP contribution < -0.4 is 0 Å². The molecule has 0 aliphatic carbocycles. The molecular formula is C14H22O. The molecule has 1 aromatic carbocycles. The maximum absolute atomic E-state index is 9.77. The molecule has 1 rings (SSSR count). The van der Waals surface area contributed by atoms with Gasteiger partial charge in [-0.3, -0.25) is 0 Å². The smallest absolute Gasteiger partial charge is 0.119 e. The third kappa shape index (κ3) is 3.26. The highest BCUT2D eigenvalue weighted by Crippen LogP contribution is 2.25. The molecular weight excluding hydrogens is 184 g/mol. The van der Waals surface area contributed by atoms with Crippen LogP contribution in [0.2, 0.25) is 0 Å². The predicted octanol–water partition coefficient (Wildman–Crippen LogP) is 4.13. The summed E-state index contributed by atoms with van der Waals surface area (Å²) in [7, 11) is 0. The Balaban J connectivity index is 2.63. The lowest BCUT2D eigenvalue weighted by atomic mass is 9.97. The van der Waals surface area contributed by atoms with E-state index in [1.807, 2.05) is 12.1 Å². The minimum absolute atomic E-state index is 0.467. The van der Waals surface area contributed by atoms with Crippen molar-refractivity contribution in [2.45, 2.75) is 52.9 Å². The van der Waals surface area contributed by atoms with Crippen LogP contribution in [0.3, 0.4) is 0 Å². The minimum atomic E-state index is 0.467. The molecule has 0 radical (unpaired) electrons. The van der Waals surface area contributed by atoms with Crippen LogP contribution in [0.5, 0.6) is 5.75 Å². The number of aromatic hydroxyl groups is 1. The Labute approximate surface area is 93.1 Å². The molecule has 0 unspecified atom stereocenters. The van der Waals surface area contributed by atoms with Gasteiger partial charge in [-0.15, -0.1) is 0 Å². The first-order valence-corrected chi connectivity index (χ1v) is 5.94. The van der Waals surface area contributed by atoms with Crippen LogP contribution in [0.15, 0.2) is 12.1 Å². The summed E-state index contributed by atoms with van der Waals surface area (Å²) >= 11 is 0. The highest BCUT2D eigenvalue weighted by atomic mass is 16.3. The van der Waals surface area contributed by atoms with Gasteiger partial charge in [-0.25, -0.2) is 0 Å². The Morgan fingerprint density at radius 1 is 1.07 bits per heavy atom. The molecule has 0 aliphatic heterocycles. The van der Waals surface area contributed by atoms with Crippen LogP contribution in [0, 0.1) is 13.8 Å². The third-order valence-electron chi connectivity index (χ3n) is 3.12. The molecule has 1 heteroatoms. The first-order chi connectivity index (χ1) is 7.16. The van der Waals surface area contributed by atoms with E-state index < -0.39 is 0 Å². The zero-order valence-electron chi connectivity index (χ0n) is 10.1. The topological polar surface area (TPSA) is 20.2 Å². The lowest BCUT2D eigenvalue weighted by Gasteiger charge is -2.10. The van der Waals surface area contributed by atoms with Crippen LogP contribution in [0.1, 0.15) is 49.3 Å². The monoisotopic (exact) mass is 206 g/mol. The van der Waals surface area contributed by atoms with E-state index in [-0.39, 0.29) is 0 Å². The summed E-state index contributed by atoms with van der Waals surface area (Å²) in [5.74, 6) is 0.467. The average molecular weight is 206 g/mol. The van der Waals surface area contributed by atoms with Crippen molar-refractivity contribution in [2.75, 3.05) is 0 Å². The van der Waals surface area contributed by atoms with Crippen LogP contribution >= 0.6 is 0 Å². The number of phenols is 1. The van der Waals surface area contributed by atoms with Crippen molar-refractivity contribution in [3.05, 3.63) is 28.8 Å². The number of unbranched alkanes of at least 4 members (excludes halogenated alkanes) is 3. The molecule has 0 bridgehead atoms. The number of phenolic OH excluding ortho intramolecular Hbond substituents is 1. The van der Waals surface area contributed by atoms with Gasteiger partial charge in [0.25, 0.3) is 0 Å². The zero-order valence-corrected chi connectivity index (χ0v) is 10.1. The van der Waals surface area contributed by atoms with E-state index in [1.54, 1.807) is 0 Å². The second-order valence-corrected chi connectivity index (χ2v) is 4.32. The van der Waals surface area contributed by atoms with Crippen LogP contribution in [0.4, 0.5) is 0 Å². The Hall–Kier alpha value is -0.980. The first-order valence-electron chi connectivity index (χ1n) is 5.94. The molecule has 84 valence electrons. The van der Waals surface area contributed by atoms with Crippen molar-refractivity contribution in [1.29, 1.82) is 0 Å². The summed E-state index contributed by atoms with van der Waals surface area (Å²) in [4.78, 5) is 0. The van der Waals surface area contributed by atoms with Crippen molar-refractivity contribution >= 4 is 0 Å². The summed E-state index contributed by atoms with van der Waals surface area (Å²) in [5, 5.41) is 9.77. The standard InChI is InChI=1S/C14H22O/c1-4-5-6-7-8-13-12(3)11(2)9-10-14(13)15/h9-10,15H,4-8H2,1-3H3. The van der Waals surface area contributed by atoms with E-state index in [9.17, 15) is 5.11 Å². The van der Waals surface area contributed by atoms with E-state index in [0.717, 1.165) is 12.0 Å². The van der Waals surface area contributed by atoms with E-state index in [2.05, 4.69) is 20.8 Å². The van der Waals surface area contributed by atoms with Gasteiger partial charge in [0.15, 0.2) is 0 Å². The van der Waals surface area contributed by atoms with Crippen molar-refractivity contribution in [2.24, 2.45) is 0 Å². The Morgan fingerprint density at radius 3 is 2.47 bits per heavy atom. The Morgan fingerprint density at radius 2 is 1.80 bits per heavy atom. The largest absolute Gasteiger partial charge is 0.508 e. The highest BCUT2D eigenvalue weighted by Gasteiger charge is 2.06. The van der Waals surface area contributed by atoms with Gasteiger partial charge in [0.1, 0.15) is 5.75 Å². The second-order valence-electron chi connectivity index (χ2n) is 4.32. The van der Waals surface area contributed by atoms with Gasteiger partial charge in [-0.1, -0.05) is 32.3 Å². The second kappa shape index (κ2) is 5.79. The van der Waals surface area contributed by atoms with E-state index in [0.29, 0.717) is 5.75 Å². The van der Waals surface area contributed by atoms with Gasteiger partial charge in [-0.05, 0) is 49.4 Å². The van der Waals surface area contributed by atoms with Crippen molar-refractivity contribution in [1.82, 2.24) is 0 Å². The summed E-state index contributed by atoms with van der Waals surface area (Å²) in [6, 6.07) is 3.80. The maximum atomic E-state index is 9.77. The molecule has 0 spiro atoms. The molecule has 1 aromatic rings. The van der Waals surface area contributed by atoms with Gasteiger partial charge >= 0.3 is 0 Å². The highest BCUT2D eigenvalue weighted by molar-refractivity contribution is 5.43. The molecule has 1 nitrogen and oxygen atoms in total. The van der Waals surface area contributed by atoms with Crippen molar-refractivity contribution in [3.8, 4) is 5.75 Å². The number of benzene rings is 1. The van der Waals surface area contributed by atoms with Crippen LogP contribution in [-0.2, 0) is 6.42 Å². The molecule has 0 atom stereocenters. The SMILES string of the molecule is CCCCCCc1c(O)ccc(C)c1C. The molecule has 1 N–H and O–H groups in total. The summed E-state index contributed by atoms with van der Waals surface area (Å²) in [6.45, 7) is 6.42. The maximum Gasteiger partial charge on any atom is 0.119 e. The summed E-state index contributed by atoms with van der Waals surface area (Å²) in [5.41, 5.74) is 3.68. The lowest BCUT2D eigenvalue weighted by molar-refractivity contribution is 0.465. The minimum Gasteiger partial charge on any atom is -0.508 e. The van der Waals surface area contributed by atoms with Crippen LogP contribution in [0.25, 0.3) is 0 Å². The van der Waals surface area contributed by atoms with Gasteiger partial charge < -0.3 is 5.11 Å². The summed E-state index contributed by atoms with van der Waals surface area (Å²) in [6.07, 6.45) is 6.03. The molecule has 0 aliphatic rings. The van der Waals surface area contributed by atoms with Crippen molar-refractivity contribution < 1.29 is 5.11 Å². The molecule has 0 heterocycles. The quantitative estimate of drug-likeness (QED) is 0.718. The van der Waals surface area contributed by atoms with E-state index in [4.69, 9.17) is 0 Å². The van der Waals surface area contributed by atoms with Gasteiger partial charge in [0.2, 0.25) is 0 Å². The Bertz CT molecular complexity index is 315. The number of aryl methyl sites for hydroxylation is 1. The fourth-order valence-corrected chi connectivity index (χ4v) is 1.90. The molecule has 15 heavy (non-hydrogen) atoms. The average Bonchev–Trinajstić information content (AvgIpc) is 2.23. The molecule has 0 aromatic heterocycles. The van der Waals surface area contributed by atoms with E-state index in [1.165, 1.54) is 36.8 Å². The number of rotatable bonds is 5. The molecule has 0 saturated heterocycles. The Kier molecular flexibility index (Phi) is 4.67. The van der Waals surface area contributed by atoms with Gasteiger partial charge in [-0.2, -0.15) is 0 Å². The van der Waals surface area contributed by atoms with Gasteiger partial charge in [0, 0.05) is 0 Å². The van der Waals surface area contributed by atoms with E-state index >= 15 is 0 Å². The van der Waals surface area contributed by atoms with Crippen LogP contribution in [-0.4, -0.2) is 5.11 Å². The number of hydrogen-bond donors (Lipinski definition) is 1. The molecule has 0 amide bonds. The summed E-state index contributed by atoms with van der Waals surface area (Å²) < 4.78 is 0. The predicted molar refractivity (Wildman–Crippen MR) is 65.4 cm³/mol. The fourth-order valence-electron chi connectivity index (χ4n) is 1.90. The third-order valence-corrected chi connectivity index (χ3v) is 3.12. The van der Waals surface area contributed by atoms with Gasteiger partial charge in [0.05, 0.1) is 0 Å². The number of hydrogen-bond acceptors (Lipinski definition) is 1. The molecule has 0 fully saturated rings. The zero-order chi connectivity index (χ0) is 11.3. The van der Waals surface area contributed by atoms with Crippen molar-refractivity contribution in [3.63, 3.8) is 0 Å². The fraction of sp³-hybridized carbons (Fsp3) is 0.571. The first kappa shape index (κ1) is 12.1. The molecule has 0 saturated carbocycles. The lowest BCUT2D eigenvalue weighted by Crippen LogP contribution is -1.93.